The van der Waals surface area contributed by atoms with Crippen molar-refractivity contribution in [1.29, 1.82) is 0 Å². The largest absolute Gasteiger partial charge is 0.301 e. The molecule has 2 aromatic rings. The number of aromatic nitrogens is 3. The van der Waals surface area contributed by atoms with Crippen LogP contribution in [0.4, 0.5) is 0 Å². The topological polar surface area (TPSA) is 51.0 Å². The third kappa shape index (κ3) is 3.03. The molecule has 1 aromatic carbocycles. The monoisotopic (exact) mass is 284 g/mol. The standard InChI is InChI=1S/C16H20N4O/c1-13-4-6-14(7-5-13)16-15(12-21)17-18-20(16)11-10-19-8-2-3-9-19/h4-7,12H,2-3,8-11H2,1H3. The molecule has 2 heterocycles. The van der Waals surface area contributed by atoms with Crippen LogP contribution in [0.3, 0.4) is 0 Å². The molecule has 21 heavy (non-hydrogen) atoms. The van der Waals surface area contributed by atoms with Crippen LogP contribution in [0.5, 0.6) is 0 Å². The Hall–Kier alpha value is -2.01. The second-order valence-electron chi connectivity index (χ2n) is 5.58. The number of carbonyl (C=O) groups is 1. The molecule has 1 aliphatic rings. The van der Waals surface area contributed by atoms with E-state index in [-0.39, 0.29) is 0 Å². The maximum Gasteiger partial charge on any atom is 0.172 e. The van der Waals surface area contributed by atoms with Crippen molar-refractivity contribution < 1.29 is 4.79 Å². The average molecular weight is 284 g/mol. The first-order valence-electron chi connectivity index (χ1n) is 7.46. The van der Waals surface area contributed by atoms with E-state index in [2.05, 4.69) is 15.2 Å². The van der Waals surface area contributed by atoms with Gasteiger partial charge < -0.3 is 4.90 Å². The highest BCUT2D eigenvalue weighted by atomic mass is 16.1. The lowest BCUT2D eigenvalue weighted by atomic mass is 10.1. The van der Waals surface area contributed by atoms with Crippen LogP contribution in [0, 0.1) is 6.92 Å². The molecule has 0 unspecified atom stereocenters. The molecule has 0 saturated carbocycles. The molecule has 1 aliphatic heterocycles. The van der Waals surface area contributed by atoms with Gasteiger partial charge in [-0.1, -0.05) is 35.0 Å². The summed E-state index contributed by atoms with van der Waals surface area (Å²) in [6.45, 7) is 6.10. The molecule has 0 amide bonds. The summed E-state index contributed by atoms with van der Waals surface area (Å²) in [5, 5.41) is 8.16. The first-order valence-corrected chi connectivity index (χ1v) is 7.46. The fourth-order valence-electron chi connectivity index (χ4n) is 2.81. The molecule has 110 valence electrons. The van der Waals surface area contributed by atoms with Gasteiger partial charge in [-0.2, -0.15) is 0 Å². The van der Waals surface area contributed by atoms with Crippen molar-refractivity contribution in [2.75, 3.05) is 19.6 Å². The van der Waals surface area contributed by atoms with Crippen LogP contribution in [0.25, 0.3) is 11.3 Å². The van der Waals surface area contributed by atoms with E-state index < -0.39 is 0 Å². The summed E-state index contributed by atoms with van der Waals surface area (Å²) in [7, 11) is 0. The Kier molecular flexibility index (Phi) is 4.10. The van der Waals surface area contributed by atoms with Gasteiger partial charge in [-0.15, -0.1) is 5.10 Å². The Morgan fingerprint density at radius 3 is 2.52 bits per heavy atom. The zero-order valence-corrected chi connectivity index (χ0v) is 12.3. The molecule has 0 bridgehead atoms. The van der Waals surface area contributed by atoms with Gasteiger partial charge in [0.1, 0.15) is 0 Å². The van der Waals surface area contributed by atoms with Gasteiger partial charge in [0.05, 0.1) is 12.2 Å². The smallest absolute Gasteiger partial charge is 0.172 e. The van der Waals surface area contributed by atoms with Crippen LogP contribution in [-0.2, 0) is 6.54 Å². The molecule has 1 saturated heterocycles. The molecular formula is C16H20N4O. The molecule has 5 nitrogen and oxygen atoms in total. The first kappa shape index (κ1) is 13.9. The second-order valence-corrected chi connectivity index (χ2v) is 5.58. The van der Waals surface area contributed by atoms with E-state index in [4.69, 9.17) is 0 Å². The summed E-state index contributed by atoms with van der Waals surface area (Å²) in [5.74, 6) is 0. The molecule has 0 spiro atoms. The molecule has 0 aliphatic carbocycles. The van der Waals surface area contributed by atoms with E-state index in [1.807, 2.05) is 35.9 Å². The van der Waals surface area contributed by atoms with E-state index in [9.17, 15) is 4.79 Å². The molecule has 1 aromatic heterocycles. The van der Waals surface area contributed by atoms with Crippen LogP contribution in [0.2, 0.25) is 0 Å². The summed E-state index contributed by atoms with van der Waals surface area (Å²) in [6.07, 6.45) is 3.35. The van der Waals surface area contributed by atoms with Gasteiger partial charge in [-0.05, 0) is 32.9 Å². The number of carbonyl (C=O) groups excluding carboxylic acids is 1. The van der Waals surface area contributed by atoms with E-state index in [1.54, 1.807) is 0 Å². The van der Waals surface area contributed by atoms with Crippen molar-refractivity contribution in [3.8, 4) is 11.3 Å². The minimum Gasteiger partial charge on any atom is -0.301 e. The third-order valence-electron chi connectivity index (χ3n) is 4.02. The van der Waals surface area contributed by atoms with Gasteiger partial charge in [-0.3, -0.25) is 4.79 Å². The first-order chi connectivity index (χ1) is 10.3. The van der Waals surface area contributed by atoms with Crippen LogP contribution >= 0.6 is 0 Å². The Morgan fingerprint density at radius 1 is 1.14 bits per heavy atom. The van der Waals surface area contributed by atoms with E-state index >= 15 is 0 Å². The summed E-state index contributed by atoms with van der Waals surface area (Å²) in [6, 6.07) is 8.13. The SMILES string of the molecule is Cc1ccc(-c2c(C=O)nnn2CCN2CCCC2)cc1. The van der Waals surface area contributed by atoms with Crippen molar-refractivity contribution in [3.05, 3.63) is 35.5 Å². The van der Waals surface area contributed by atoms with Gasteiger partial charge in [0, 0.05) is 12.1 Å². The van der Waals surface area contributed by atoms with Gasteiger partial charge in [0.2, 0.25) is 0 Å². The normalized spacial score (nSPS) is 15.5. The Morgan fingerprint density at radius 2 is 1.86 bits per heavy atom. The lowest BCUT2D eigenvalue weighted by molar-refractivity contribution is 0.111. The minimum atomic E-state index is 0.417. The number of hydrogen-bond acceptors (Lipinski definition) is 4. The molecule has 5 heteroatoms. The quantitative estimate of drug-likeness (QED) is 0.790. The Balaban J connectivity index is 1.84. The van der Waals surface area contributed by atoms with Crippen LogP contribution < -0.4 is 0 Å². The maximum absolute atomic E-state index is 11.2. The molecule has 1 fully saturated rings. The van der Waals surface area contributed by atoms with Gasteiger partial charge in [0.25, 0.3) is 0 Å². The highest BCUT2D eigenvalue weighted by Crippen LogP contribution is 2.22. The predicted molar refractivity (Wildman–Crippen MR) is 81.3 cm³/mol. The van der Waals surface area contributed by atoms with Crippen LogP contribution in [-0.4, -0.2) is 45.8 Å². The number of likely N-dealkylation sites (tertiary alicyclic amines) is 1. The Bertz CT molecular complexity index is 612. The fourth-order valence-corrected chi connectivity index (χ4v) is 2.81. The highest BCUT2D eigenvalue weighted by Gasteiger charge is 2.16. The zero-order valence-electron chi connectivity index (χ0n) is 12.3. The summed E-state index contributed by atoms with van der Waals surface area (Å²) in [4.78, 5) is 13.6. The fraction of sp³-hybridized carbons (Fsp3) is 0.438. The van der Waals surface area contributed by atoms with Gasteiger partial charge in [-0.25, -0.2) is 4.68 Å². The minimum absolute atomic E-state index is 0.417. The summed E-state index contributed by atoms with van der Waals surface area (Å²) >= 11 is 0. The molecule has 0 radical (unpaired) electrons. The van der Waals surface area contributed by atoms with Crippen molar-refractivity contribution in [2.24, 2.45) is 0 Å². The van der Waals surface area contributed by atoms with E-state index in [0.29, 0.717) is 5.69 Å². The van der Waals surface area contributed by atoms with Crippen molar-refractivity contribution in [1.82, 2.24) is 19.9 Å². The lowest BCUT2D eigenvalue weighted by Crippen LogP contribution is -2.24. The number of rotatable bonds is 5. The number of hydrogen-bond donors (Lipinski definition) is 0. The number of nitrogens with zero attached hydrogens (tertiary/aromatic N) is 4. The van der Waals surface area contributed by atoms with Crippen LogP contribution in [0.1, 0.15) is 28.9 Å². The van der Waals surface area contributed by atoms with Crippen LogP contribution in [0.15, 0.2) is 24.3 Å². The number of aldehydes is 1. The predicted octanol–water partition coefficient (Wildman–Crippen LogP) is 2.16. The van der Waals surface area contributed by atoms with Crippen molar-refractivity contribution >= 4 is 6.29 Å². The van der Waals surface area contributed by atoms with Gasteiger partial charge in [0.15, 0.2) is 12.0 Å². The summed E-state index contributed by atoms with van der Waals surface area (Å²) < 4.78 is 1.85. The maximum atomic E-state index is 11.2. The van der Waals surface area contributed by atoms with Gasteiger partial charge >= 0.3 is 0 Å². The molecular weight excluding hydrogens is 264 g/mol. The summed E-state index contributed by atoms with van der Waals surface area (Å²) in [5.41, 5.74) is 3.43. The van der Waals surface area contributed by atoms with Crippen molar-refractivity contribution in [2.45, 2.75) is 26.3 Å². The zero-order chi connectivity index (χ0) is 14.7. The highest BCUT2D eigenvalue weighted by molar-refractivity contribution is 5.83. The van der Waals surface area contributed by atoms with Crippen molar-refractivity contribution in [3.63, 3.8) is 0 Å². The van der Waals surface area contributed by atoms with E-state index in [0.717, 1.165) is 43.7 Å². The molecule has 0 N–H and O–H groups in total. The molecule has 0 atom stereocenters. The second kappa shape index (κ2) is 6.18. The Labute approximate surface area is 124 Å². The lowest BCUT2D eigenvalue weighted by Gasteiger charge is -2.15. The van der Waals surface area contributed by atoms with E-state index in [1.165, 1.54) is 18.4 Å². The number of aryl methyl sites for hydroxylation is 1. The average Bonchev–Trinajstić information content (AvgIpc) is 3.15. The molecule has 3 rings (SSSR count). The third-order valence-corrected chi connectivity index (χ3v) is 4.02. The number of benzene rings is 1.